The van der Waals surface area contributed by atoms with Crippen LogP contribution in [0.2, 0.25) is 0 Å². The second-order valence-corrected chi connectivity index (χ2v) is 6.47. The van der Waals surface area contributed by atoms with E-state index in [2.05, 4.69) is 4.99 Å². The molecule has 0 saturated carbocycles. The second-order valence-electron chi connectivity index (χ2n) is 6.47. The lowest BCUT2D eigenvalue weighted by Gasteiger charge is -2.13. The van der Waals surface area contributed by atoms with E-state index in [0.717, 1.165) is 10.3 Å². The zero-order chi connectivity index (χ0) is 21.5. The van der Waals surface area contributed by atoms with Crippen LogP contribution in [-0.2, 0) is 11.3 Å². The molecule has 0 aliphatic rings. The number of rotatable bonds is 7. The lowest BCUT2D eigenvalue weighted by Crippen LogP contribution is -2.26. The summed E-state index contributed by atoms with van der Waals surface area (Å²) in [5, 5.41) is 19.9. The van der Waals surface area contributed by atoms with Gasteiger partial charge in [-0.2, -0.15) is 5.26 Å². The number of aromatic hydroxyl groups is 1. The Hall–Kier alpha value is -3.89. The summed E-state index contributed by atoms with van der Waals surface area (Å²) in [6.07, 6.45) is 1.45. The summed E-state index contributed by atoms with van der Waals surface area (Å²) in [5.41, 5.74) is 0.733. The molecule has 7 heteroatoms. The molecule has 1 heterocycles. The van der Waals surface area contributed by atoms with Crippen molar-refractivity contribution in [3.8, 4) is 23.4 Å². The summed E-state index contributed by atoms with van der Waals surface area (Å²) in [7, 11) is 1.50. The highest BCUT2D eigenvalue weighted by molar-refractivity contribution is 5.87. The fraction of sp³-hybridized carbons (Fsp3) is 0.174. The zero-order valence-corrected chi connectivity index (χ0v) is 16.7. The SMILES string of the molecule is COCCn1c(O)c(C=Nc2ccc(Oc3ccccc3)cc2)c(C)c(C#N)c1=O. The zero-order valence-electron chi connectivity index (χ0n) is 16.7. The lowest BCUT2D eigenvalue weighted by molar-refractivity contribution is 0.182. The van der Waals surface area contributed by atoms with E-state index in [-0.39, 0.29) is 24.6 Å². The molecule has 1 N–H and O–H groups in total. The van der Waals surface area contributed by atoms with Gasteiger partial charge in [0.25, 0.3) is 5.56 Å². The number of methoxy groups -OCH3 is 1. The number of hydrogen-bond acceptors (Lipinski definition) is 6. The van der Waals surface area contributed by atoms with Gasteiger partial charge in [-0.1, -0.05) is 18.2 Å². The topological polar surface area (TPSA) is 96.8 Å². The molecule has 3 rings (SSSR count). The van der Waals surface area contributed by atoms with Gasteiger partial charge in [-0.15, -0.1) is 0 Å². The van der Waals surface area contributed by atoms with Crippen LogP contribution in [0.15, 0.2) is 64.4 Å². The van der Waals surface area contributed by atoms with E-state index >= 15 is 0 Å². The molecule has 0 bridgehead atoms. The summed E-state index contributed by atoms with van der Waals surface area (Å²) in [4.78, 5) is 16.8. The Morgan fingerprint density at radius 2 is 1.80 bits per heavy atom. The van der Waals surface area contributed by atoms with E-state index in [1.807, 2.05) is 36.4 Å². The van der Waals surface area contributed by atoms with E-state index in [9.17, 15) is 15.2 Å². The fourth-order valence-corrected chi connectivity index (χ4v) is 2.88. The van der Waals surface area contributed by atoms with Gasteiger partial charge in [0.15, 0.2) is 0 Å². The van der Waals surface area contributed by atoms with Gasteiger partial charge in [0, 0.05) is 13.3 Å². The largest absolute Gasteiger partial charge is 0.494 e. The number of ether oxygens (including phenoxy) is 2. The molecule has 1 aromatic heterocycles. The number of aliphatic imine (C=N–C) groups is 1. The molecule has 7 nitrogen and oxygen atoms in total. The van der Waals surface area contributed by atoms with Crippen molar-refractivity contribution in [3.63, 3.8) is 0 Å². The van der Waals surface area contributed by atoms with Crippen LogP contribution in [0.4, 0.5) is 5.69 Å². The van der Waals surface area contributed by atoms with Crippen LogP contribution in [-0.4, -0.2) is 29.6 Å². The first-order chi connectivity index (χ1) is 14.5. The van der Waals surface area contributed by atoms with Gasteiger partial charge < -0.3 is 14.6 Å². The van der Waals surface area contributed by atoms with Crippen LogP contribution in [0, 0.1) is 18.3 Å². The molecule has 0 saturated heterocycles. The first kappa shape index (κ1) is 20.8. The molecule has 0 aliphatic carbocycles. The van der Waals surface area contributed by atoms with Gasteiger partial charge >= 0.3 is 0 Å². The monoisotopic (exact) mass is 403 g/mol. The molecular formula is C23H21N3O4. The molecular weight excluding hydrogens is 382 g/mol. The predicted molar refractivity (Wildman–Crippen MR) is 114 cm³/mol. The molecule has 30 heavy (non-hydrogen) atoms. The maximum absolute atomic E-state index is 12.4. The summed E-state index contributed by atoms with van der Waals surface area (Å²) in [6.45, 7) is 1.96. The molecule has 0 aliphatic heterocycles. The normalized spacial score (nSPS) is 10.8. The van der Waals surface area contributed by atoms with Crippen LogP contribution >= 0.6 is 0 Å². The van der Waals surface area contributed by atoms with Gasteiger partial charge in [-0.05, 0) is 48.9 Å². The van der Waals surface area contributed by atoms with Crippen molar-refractivity contribution in [2.24, 2.45) is 4.99 Å². The highest BCUT2D eigenvalue weighted by atomic mass is 16.5. The quantitative estimate of drug-likeness (QED) is 0.603. The van der Waals surface area contributed by atoms with Crippen molar-refractivity contribution in [2.45, 2.75) is 13.5 Å². The van der Waals surface area contributed by atoms with E-state index in [1.54, 1.807) is 31.2 Å². The van der Waals surface area contributed by atoms with Gasteiger partial charge in [0.1, 0.15) is 23.1 Å². The first-order valence-electron chi connectivity index (χ1n) is 9.27. The Balaban J connectivity index is 1.88. The molecule has 0 amide bonds. The van der Waals surface area contributed by atoms with E-state index in [0.29, 0.717) is 22.6 Å². The number of para-hydroxylation sites is 1. The smallest absolute Gasteiger partial charge is 0.271 e. The molecule has 2 aromatic carbocycles. The Morgan fingerprint density at radius 1 is 1.13 bits per heavy atom. The number of pyridine rings is 1. The number of nitrogens with zero attached hydrogens (tertiary/aromatic N) is 3. The number of benzene rings is 2. The summed E-state index contributed by atoms with van der Waals surface area (Å²) in [6, 6.07) is 18.5. The highest BCUT2D eigenvalue weighted by Crippen LogP contribution is 2.25. The van der Waals surface area contributed by atoms with E-state index < -0.39 is 5.56 Å². The third kappa shape index (κ3) is 4.57. The molecule has 0 unspecified atom stereocenters. The summed E-state index contributed by atoms with van der Waals surface area (Å²) >= 11 is 0. The Kier molecular flexibility index (Phi) is 6.63. The minimum Gasteiger partial charge on any atom is -0.494 e. The summed E-state index contributed by atoms with van der Waals surface area (Å²) in [5.74, 6) is 1.15. The number of hydrogen-bond donors (Lipinski definition) is 1. The van der Waals surface area contributed by atoms with Crippen molar-refractivity contribution in [2.75, 3.05) is 13.7 Å². The van der Waals surface area contributed by atoms with E-state index in [1.165, 1.54) is 13.3 Å². The van der Waals surface area contributed by atoms with Gasteiger partial charge in [0.05, 0.1) is 24.4 Å². The predicted octanol–water partition coefficient (Wildman–Crippen LogP) is 3.92. The lowest BCUT2D eigenvalue weighted by atomic mass is 10.1. The Bertz CT molecular complexity index is 1140. The Labute approximate surface area is 174 Å². The average Bonchev–Trinajstić information content (AvgIpc) is 2.76. The minimum atomic E-state index is -0.552. The van der Waals surface area contributed by atoms with Crippen LogP contribution in [0.1, 0.15) is 16.7 Å². The van der Waals surface area contributed by atoms with Crippen molar-refractivity contribution >= 4 is 11.9 Å². The second kappa shape index (κ2) is 9.54. The van der Waals surface area contributed by atoms with Crippen molar-refractivity contribution in [1.82, 2.24) is 4.57 Å². The van der Waals surface area contributed by atoms with Crippen LogP contribution in [0.25, 0.3) is 0 Å². The van der Waals surface area contributed by atoms with Gasteiger partial charge in [0.2, 0.25) is 5.88 Å². The van der Waals surface area contributed by atoms with Crippen molar-refractivity contribution in [3.05, 3.63) is 81.6 Å². The standard InChI is InChI=1S/C23H21N3O4/c1-16-20(14-24)22(27)26(12-13-29-2)23(28)21(16)15-25-17-8-10-19(11-9-17)30-18-6-4-3-5-7-18/h3-11,15,28H,12-13H2,1-2H3. The van der Waals surface area contributed by atoms with Gasteiger partial charge in [-0.25, -0.2) is 0 Å². The summed E-state index contributed by atoms with van der Waals surface area (Å²) < 4.78 is 11.9. The molecule has 0 spiro atoms. The number of aromatic nitrogens is 1. The molecule has 0 atom stereocenters. The van der Waals surface area contributed by atoms with Crippen LogP contribution in [0.3, 0.4) is 0 Å². The molecule has 0 fully saturated rings. The third-order valence-electron chi connectivity index (χ3n) is 4.52. The average molecular weight is 403 g/mol. The molecule has 3 aromatic rings. The third-order valence-corrected chi connectivity index (χ3v) is 4.52. The Morgan fingerprint density at radius 3 is 2.43 bits per heavy atom. The molecule has 0 radical (unpaired) electrons. The van der Waals surface area contributed by atoms with Crippen LogP contribution < -0.4 is 10.3 Å². The van der Waals surface area contributed by atoms with Crippen molar-refractivity contribution < 1.29 is 14.6 Å². The van der Waals surface area contributed by atoms with Crippen LogP contribution in [0.5, 0.6) is 17.4 Å². The van der Waals surface area contributed by atoms with Crippen molar-refractivity contribution in [1.29, 1.82) is 5.26 Å². The first-order valence-corrected chi connectivity index (χ1v) is 9.27. The van der Waals surface area contributed by atoms with E-state index in [4.69, 9.17) is 9.47 Å². The minimum absolute atomic E-state index is 0.0306. The van der Waals surface area contributed by atoms with Gasteiger partial charge in [-0.3, -0.25) is 14.4 Å². The number of nitriles is 1. The maximum atomic E-state index is 12.4. The fourth-order valence-electron chi connectivity index (χ4n) is 2.88. The highest BCUT2D eigenvalue weighted by Gasteiger charge is 2.17. The molecule has 152 valence electrons. The maximum Gasteiger partial charge on any atom is 0.271 e.